The number of nitrogens with zero attached hydrogens (tertiary/aromatic N) is 2. The molecule has 2 aromatic heterocycles. The second kappa shape index (κ2) is 7.04. The Morgan fingerprint density at radius 2 is 2.05 bits per heavy atom. The highest BCUT2D eigenvalue weighted by Crippen LogP contribution is 2.19. The van der Waals surface area contributed by atoms with Crippen LogP contribution in [0.2, 0.25) is 0 Å². The van der Waals surface area contributed by atoms with Crippen molar-refractivity contribution in [2.75, 3.05) is 6.54 Å². The van der Waals surface area contributed by atoms with Crippen LogP contribution < -0.4 is 5.32 Å². The molecule has 0 unspecified atom stereocenters. The topological polar surface area (TPSA) is 29.9 Å². The maximum atomic E-state index is 4.53. The van der Waals surface area contributed by atoms with Gasteiger partial charge in [-0.25, -0.2) is 0 Å². The molecule has 0 aliphatic carbocycles. The van der Waals surface area contributed by atoms with Gasteiger partial charge in [-0.15, -0.1) is 11.3 Å². The second-order valence-corrected chi connectivity index (χ2v) is 6.91. The van der Waals surface area contributed by atoms with Gasteiger partial charge in [-0.3, -0.25) is 4.68 Å². The molecule has 4 heteroatoms. The van der Waals surface area contributed by atoms with Crippen molar-refractivity contribution in [1.82, 2.24) is 15.1 Å². The lowest BCUT2D eigenvalue weighted by atomic mass is 10.2. The molecule has 1 N–H and O–H groups in total. The van der Waals surface area contributed by atoms with Crippen molar-refractivity contribution in [3.63, 3.8) is 0 Å². The van der Waals surface area contributed by atoms with Gasteiger partial charge in [0, 0.05) is 27.6 Å². The number of hydrogen-bond donors (Lipinski definition) is 1. The van der Waals surface area contributed by atoms with Crippen LogP contribution in [0.5, 0.6) is 0 Å². The third-order valence-electron chi connectivity index (χ3n) is 3.44. The van der Waals surface area contributed by atoms with Gasteiger partial charge in [0.1, 0.15) is 0 Å². The molecule has 0 aliphatic heterocycles. The molecule has 0 bridgehead atoms. The molecule has 0 saturated heterocycles. The standard InChI is InChI=1S/C16H25N3S/c1-5-15-6-7-16(20-15)11-19-13(4)14(10-18-19)9-17-8-12(2)3/h6-7,10,12,17H,5,8-9,11H2,1-4H3. The number of nitrogens with one attached hydrogen (secondary N) is 1. The highest BCUT2D eigenvalue weighted by molar-refractivity contribution is 7.11. The van der Waals surface area contributed by atoms with Crippen LogP contribution in [-0.4, -0.2) is 16.3 Å². The maximum Gasteiger partial charge on any atom is 0.0755 e. The molecule has 0 saturated carbocycles. The molecule has 2 rings (SSSR count). The van der Waals surface area contributed by atoms with Crippen LogP contribution in [0.3, 0.4) is 0 Å². The first-order valence-electron chi connectivity index (χ1n) is 7.39. The first kappa shape index (κ1) is 15.3. The van der Waals surface area contributed by atoms with Gasteiger partial charge >= 0.3 is 0 Å². The zero-order valence-corrected chi connectivity index (χ0v) is 13.8. The molecular weight excluding hydrogens is 266 g/mol. The third kappa shape index (κ3) is 3.93. The quantitative estimate of drug-likeness (QED) is 0.844. The first-order chi connectivity index (χ1) is 9.60. The smallest absolute Gasteiger partial charge is 0.0755 e. The molecule has 0 aromatic carbocycles. The van der Waals surface area contributed by atoms with Gasteiger partial charge in [-0.1, -0.05) is 20.8 Å². The number of aromatic nitrogens is 2. The van der Waals surface area contributed by atoms with E-state index in [0.29, 0.717) is 5.92 Å². The van der Waals surface area contributed by atoms with Gasteiger partial charge in [0.25, 0.3) is 0 Å². The van der Waals surface area contributed by atoms with E-state index in [9.17, 15) is 0 Å². The van der Waals surface area contributed by atoms with E-state index >= 15 is 0 Å². The fraction of sp³-hybridized carbons (Fsp3) is 0.562. The van der Waals surface area contributed by atoms with E-state index < -0.39 is 0 Å². The van der Waals surface area contributed by atoms with Crippen LogP contribution in [0.15, 0.2) is 18.3 Å². The summed E-state index contributed by atoms with van der Waals surface area (Å²) < 4.78 is 2.11. The van der Waals surface area contributed by atoms with E-state index in [0.717, 1.165) is 26.1 Å². The van der Waals surface area contributed by atoms with Gasteiger partial charge in [-0.05, 0) is 37.9 Å². The molecule has 0 spiro atoms. The van der Waals surface area contributed by atoms with E-state index in [4.69, 9.17) is 0 Å². The van der Waals surface area contributed by atoms with Crippen molar-refractivity contribution >= 4 is 11.3 Å². The summed E-state index contributed by atoms with van der Waals surface area (Å²) in [5.41, 5.74) is 2.57. The van der Waals surface area contributed by atoms with Crippen molar-refractivity contribution < 1.29 is 0 Å². The van der Waals surface area contributed by atoms with E-state index in [-0.39, 0.29) is 0 Å². The summed E-state index contributed by atoms with van der Waals surface area (Å²) in [6, 6.07) is 4.45. The first-order valence-corrected chi connectivity index (χ1v) is 8.21. The Labute approximate surface area is 126 Å². The predicted octanol–water partition coefficient (Wildman–Crippen LogP) is 3.61. The normalized spacial score (nSPS) is 11.4. The van der Waals surface area contributed by atoms with Crippen LogP contribution in [0, 0.1) is 12.8 Å². The van der Waals surface area contributed by atoms with E-state index in [2.05, 4.69) is 54.9 Å². The Morgan fingerprint density at radius 1 is 1.30 bits per heavy atom. The molecule has 0 fully saturated rings. The SMILES string of the molecule is CCc1ccc(Cn2ncc(CNCC(C)C)c2C)s1. The molecule has 2 aromatic rings. The number of thiophene rings is 1. The Bertz CT molecular complexity index is 540. The minimum atomic E-state index is 0.684. The van der Waals surface area contributed by atoms with Crippen molar-refractivity contribution in [1.29, 1.82) is 0 Å². The zero-order chi connectivity index (χ0) is 14.5. The monoisotopic (exact) mass is 291 g/mol. The average molecular weight is 291 g/mol. The van der Waals surface area contributed by atoms with Gasteiger partial charge < -0.3 is 5.32 Å². The van der Waals surface area contributed by atoms with Crippen LogP contribution in [-0.2, 0) is 19.5 Å². The van der Waals surface area contributed by atoms with Gasteiger partial charge in [0.2, 0.25) is 0 Å². The summed E-state index contributed by atoms with van der Waals surface area (Å²) in [5.74, 6) is 0.684. The molecule has 0 atom stereocenters. The summed E-state index contributed by atoms with van der Waals surface area (Å²) >= 11 is 1.89. The molecule has 0 aliphatic rings. The highest BCUT2D eigenvalue weighted by atomic mass is 32.1. The Morgan fingerprint density at radius 3 is 2.70 bits per heavy atom. The van der Waals surface area contributed by atoms with Gasteiger partial charge in [-0.2, -0.15) is 5.10 Å². The summed E-state index contributed by atoms with van der Waals surface area (Å²) in [6.07, 6.45) is 3.12. The summed E-state index contributed by atoms with van der Waals surface area (Å²) in [5, 5.41) is 8.01. The fourth-order valence-electron chi connectivity index (χ4n) is 2.16. The lowest BCUT2D eigenvalue weighted by Crippen LogP contribution is -2.19. The molecule has 20 heavy (non-hydrogen) atoms. The summed E-state index contributed by atoms with van der Waals surface area (Å²) in [7, 11) is 0. The largest absolute Gasteiger partial charge is 0.312 e. The average Bonchev–Trinajstić information content (AvgIpc) is 2.99. The molecular formula is C16H25N3S. The van der Waals surface area contributed by atoms with Gasteiger partial charge in [0.05, 0.1) is 12.7 Å². The molecule has 0 radical (unpaired) electrons. The Hall–Kier alpha value is -1.13. The highest BCUT2D eigenvalue weighted by Gasteiger charge is 2.08. The fourth-order valence-corrected chi connectivity index (χ4v) is 3.10. The Kier molecular flexibility index (Phi) is 5.38. The van der Waals surface area contributed by atoms with Crippen LogP contribution in [0.1, 0.15) is 41.8 Å². The van der Waals surface area contributed by atoms with Crippen LogP contribution in [0.4, 0.5) is 0 Å². The van der Waals surface area contributed by atoms with E-state index in [1.165, 1.54) is 21.0 Å². The summed E-state index contributed by atoms with van der Waals surface area (Å²) in [4.78, 5) is 2.83. The molecule has 3 nitrogen and oxygen atoms in total. The molecule has 0 amide bonds. The third-order valence-corrected chi connectivity index (χ3v) is 4.66. The summed E-state index contributed by atoms with van der Waals surface area (Å²) in [6.45, 7) is 11.7. The minimum absolute atomic E-state index is 0.684. The zero-order valence-electron chi connectivity index (χ0n) is 12.9. The number of rotatable bonds is 7. The van der Waals surface area contributed by atoms with Crippen molar-refractivity contribution in [2.24, 2.45) is 5.92 Å². The molecule has 110 valence electrons. The van der Waals surface area contributed by atoms with Gasteiger partial charge in [0.15, 0.2) is 0 Å². The van der Waals surface area contributed by atoms with E-state index in [1.54, 1.807) is 0 Å². The lowest BCUT2D eigenvalue weighted by molar-refractivity contribution is 0.551. The van der Waals surface area contributed by atoms with Crippen molar-refractivity contribution in [2.45, 2.75) is 47.2 Å². The number of hydrogen-bond acceptors (Lipinski definition) is 3. The van der Waals surface area contributed by atoms with E-state index in [1.807, 2.05) is 17.5 Å². The predicted molar refractivity (Wildman–Crippen MR) is 86.3 cm³/mol. The van der Waals surface area contributed by atoms with Crippen LogP contribution in [0.25, 0.3) is 0 Å². The number of aryl methyl sites for hydroxylation is 1. The van der Waals surface area contributed by atoms with Crippen molar-refractivity contribution in [3.8, 4) is 0 Å². The second-order valence-electron chi connectivity index (χ2n) is 5.66. The molecule has 2 heterocycles. The minimum Gasteiger partial charge on any atom is -0.312 e. The Balaban J connectivity index is 1.97. The van der Waals surface area contributed by atoms with Crippen LogP contribution >= 0.6 is 11.3 Å². The van der Waals surface area contributed by atoms with Crippen molar-refractivity contribution in [3.05, 3.63) is 39.3 Å². The maximum absolute atomic E-state index is 4.53. The lowest BCUT2D eigenvalue weighted by Gasteiger charge is -2.07.